The highest BCUT2D eigenvalue weighted by atomic mass is 16.2. The molecule has 0 saturated carbocycles. The summed E-state index contributed by atoms with van der Waals surface area (Å²) in [4.78, 5) is 29.5. The fraction of sp³-hybridized carbons (Fsp3) is 0.263. The van der Waals surface area contributed by atoms with Crippen LogP contribution in [-0.4, -0.2) is 22.3 Å². The van der Waals surface area contributed by atoms with Gasteiger partial charge in [0.15, 0.2) is 0 Å². The third-order valence-electron chi connectivity index (χ3n) is 4.35. The molecular weight excluding hydrogens is 288 g/mol. The van der Waals surface area contributed by atoms with Crippen molar-refractivity contribution in [1.82, 2.24) is 9.88 Å². The van der Waals surface area contributed by atoms with Crippen molar-refractivity contribution in [3.05, 3.63) is 81.8 Å². The average Bonchev–Trinajstić information content (AvgIpc) is 2.96. The van der Waals surface area contributed by atoms with Gasteiger partial charge in [0.1, 0.15) is 5.56 Å². The molecule has 0 aliphatic heterocycles. The predicted octanol–water partition coefficient (Wildman–Crippen LogP) is 3.00. The highest BCUT2D eigenvalue weighted by Crippen LogP contribution is 2.36. The van der Waals surface area contributed by atoms with Gasteiger partial charge in [-0.05, 0) is 43.0 Å². The number of nitrogens with zero attached hydrogens (tertiary/aromatic N) is 1. The van der Waals surface area contributed by atoms with E-state index in [4.69, 9.17) is 0 Å². The van der Waals surface area contributed by atoms with E-state index in [2.05, 4.69) is 23.7 Å². The second-order valence-electron chi connectivity index (χ2n) is 5.88. The molecular formula is C19H20N2O2. The topological polar surface area (TPSA) is 53.2 Å². The summed E-state index contributed by atoms with van der Waals surface area (Å²) < 4.78 is 0. The minimum absolute atomic E-state index is 0.00240. The maximum Gasteiger partial charge on any atom is 0.260 e. The summed E-state index contributed by atoms with van der Waals surface area (Å²) in [5.74, 6) is -0.243. The Bertz CT molecular complexity index is 807. The Morgan fingerprint density at radius 1 is 1.35 bits per heavy atom. The molecule has 1 aromatic carbocycles. The van der Waals surface area contributed by atoms with Crippen LogP contribution in [0.25, 0.3) is 0 Å². The van der Waals surface area contributed by atoms with Crippen molar-refractivity contribution in [1.29, 1.82) is 0 Å². The molecule has 118 valence electrons. The SMILES string of the molecule is C=CCN(C(=O)c1ccc(C)[nH]c1=O)[C@H]1CCc2ccccc21. The van der Waals surface area contributed by atoms with E-state index in [0.717, 1.165) is 18.5 Å². The van der Waals surface area contributed by atoms with Gasteiger partial charge in [-0.3, -0.25) is 9.59 Å². The van der Waals surface area contributed by atoms with Crippen LogP contribution in [0.3, 0.4) is 0 Å². The van der Waals surface area contributed by atoms with Crippen molar-refractivity contribution < 1.29 is 4.79 Å². The van der Waals surface area contributed by atoms with E-state index in [1.54, 1.807) is 30.0 Å². The number of fused-ring (bicyclic) bond motifs is 1. The number of pyridine rings is 1. The summed E-state index contributed by atoms with van der Waals surface area (Å²) >= 11 is 0. The summed E-state index contributed by atoms with van der Waals surface area (Å²) in [6.45, 7) is 5.98. The number of hydrogen-bond acceptors (Lipinski definition) is 2. The number of aromatic nitrogens is 1. The van der Waals surface area contributed by atoms with Crippen molar-refractivity contribution in [2.45, 2.75) is 25.8 Å². The number of carbonyl (C=O) groups is 1. The molecule has 1 N–H and O–H groups in total. The number of carbonyl (C=O) groups excluding carboxylic acids is 1. The number of aromatic amines is 1. The Hall–Kier alpha value is -2.62. The molecule has 23 heavy (non-hydrogen) atoms. The van der Waals surface area contributed by atoms with Crippen molar-refractivity contribution in [2.75, 3.05) is 6.54 Å². The Kier molecular flexibility index (Phi) is 4.15. The summed E-state index contributed by atoms with van der Waals surface area (Å²) in [7, 11) is 0. The summed E-state index contributed by atoms with van der Waals surface area (Å²) in [6, 6.07) is 11.5. The zero-order valence-corrected chi connectivity index (χ0v) is 13.2. The molecule has 1 amide bonds. The van der Waals surface area contributed by atoms with E-state index in [1.165, 1.54) is 11.1 Å². The van der Waals surface area contributed by atoms with Crippen LogP contribution in [0.2, 0.25) is 0 Å². The van der Waals surface area contributed by atoms with Crippen LogP contribution in [0.4, 0.5) is 0 Å². The molecule has 1 aliphatic carbocycles. The van der Waals surface area contributed by atoms with E-state index in [0.29, 0.717) is 6.54 Å². The lowest BCUT2D eigenvalue weighted by Crippen LogP contribution is -2.37. The lowest BCUT2D eigenvalue weighted by atomic mass is 10.1. The van der Waals surface area contributed by atoms with Crippen LogP contribution >= 0.6 is 0 Å². The smallest absolute Gasteiger partial charge is 0.260 e. The van der Waals surface area contributed by atoms with Crippen molar-refractivity contribution in [3.8, 4) is 0 Å². The largest absolute Gasteiger partial charge is 0.328 e. The Balaban J connectivity index is 1.98. The summed E-state index contributed by atoms with van der Waals surface area (Å²) in [6.07, 6.45) is 3.54. The van der Waals surface area contributed by atoms with E-state index in [1.807, 2.05) is 12.1 Å². The maximum absolute atomic E-state index is 12.9. The number of nitrogens with one attached hydrogen (secondary N) is 1. The average molecular weight is 308 g/mol. The third-order valence-corrected chi connectivity index (χ3v) is 4.35. The Morgan fingerprint density at radius 3 is 2.87 bits per heavy atom. The molecule has 1 atom stereocenters. The standard InChI is InChI=1S/C19H20N2O2/c1-3-12-21(17-11-9-14-6-4-5-7-15(14)17)19(23)16-10-8-13(2)20-18(16)22/h3-8,10,17H,1,9,11-12H2,2H3,(H,20,22)/t17-/m0/s1. The van der Waals surface area contributed by atoms with E-state index in [9.17, 15) is 9.59 Å². The van der Waals surface area contributed by atoms with Gasteiger partial charge in [0, 0.05) is 12.2 Å². The normalized spacial score (nSPS) is 16.0. The zero-order valence-electron chi connectivity index (χ0n) is 13.2. The van der Waals surface area contributed by atoms with Crippen LogP contribution in [-0.2, 0) is 6.42 Å². The first-order chi connectivity index (χ1) is 11.1. The van der Waals surface area contributed by atoms with Crippen molar-refractivity contribution >= 4 is 5.91 Å². The highest BCUT2D eigenvalue weighted by molar-refractivity contribution is 5.94. The second kappa shape index (κ2) is 6.24. The van der Waals surface area contributed by atoms with E-state index in [-0.39, 0.29) is 23.1 Å². The molecule has 0 spiro atoms. The highest BCUT2D eigenvalue weighted by Gasteiger charge is 2.31. The molecule has 2 aromatic rings. The lowest BCUT2D eigenvalue weighted by Gasteiger charge is -2.28. The van der Waals surface area contributed by atoms with Crippen LogP contribution < -0.4 is 5.56 Å². The molecule has 4 heteroatoms. The number of H-pyrrole nitrogens is 1. The minimum atomic E-state index is -0.338. The van der Waals surface area contributed by atoms with Crippen LogP contribution in [0.15, 0.2) is 53.8 Å². The molecule has 0 bridgehead atoms. The van der Waals surface area contributed by atoms with Crippen LogP contribution in [0, 0.1) is 6.92 Å². The number of amides is 1. The molecule has 3 rings (SSSR count). The molecule has 1 aromatic heterocycles. The van der Waals surface area contributed by atoms with Gasteiger partial charge in [0.05, 0.1) is 6.04 Å². The first-order valence-corrected chi connectivity index (χ1v) is 7.81. The van der Waals surface area contributed by atoms with Gasteiger partial charge >= 0.3 is 0 Å². The van der Waals surface area contributed by atoms with E-state index < -0.39 is 0 Å². The van der Waals surface area contributed by atoms with Crippen molar-refractivity contribution in [2.24, 2.45) is 0 Å². The minimum Gasteiger partial charge on any atom is -0.328 e. The summed E-state index contributed by atoms with van der Waals surface area (Å²) in [5, 5.41) is 0. The lowest BCUT2D eigenvalue weighted by molar-refractivity contribution is 0.0699. The van der Waals surface area contributed by atoms with Crippen molar-refractivity contribution in [3.63, 3.8) is 0 Å². The van der Waals surface area contributed by atoms with E-state index >= 15 is 0 Å². The fourth-order valence-corrected chi connectivity index (χ4v) is 3.24. The molecule has 0 unspecified atom stereocenters. The van der Waals surface area contributed by atoms with Gasteiger partial charge < -0.3 is 9.88 Å². The molecule has 1 heterocycles. The van der Waals surface area contributed by atoms with Gasteiger partial charge in [0.2, 0.25) is 0 Å². The van der Waals surface area contributed by atoms with Crippen LogP contribution in [0.1, 0.15) is 39.6 Å². The molecule has 0 saturated heterocycles. The number of aryl methyl sites for hydroxylation is 2. The van der Waals surface area contributed by atoms with Gasteiger partial charge in [-0.15, -0.1) is 6.58 Å². The van der Waals surface area contributed by atoms with Gasteiger partial charge in [-0.2, -0.15) is 0 Å². The van der Waals surface area contributed by atoms with Gasteiger partial charge in [-0.1, -0.05) is 30.3 Å². The number of rotatable bonds is 4. The Morgan fingerprint density at radius 2 is 2.13 bits per heavy atom. The summed E-state index contributed by atoms with van der Waals surface area (Å²) in [5.41, 5.74) is 3.04. The molecule has 0 radical (unpaired) electrons. The quantitative estimate of drug-likeness (QED) is 0.883. The number of benzene rings is 1. The zero-order chi connectivity index (χ0) is 16.4. The second-order valence-corrected chi connectivity index (χ2v) is 5.88. The first kappa shape index (κ1) is 15.3. The molecule has 0 fully saturated rings. The maximum atomic E-state index is 12.9. The molecule has 1 aliphatic rings. The van der Waals surface area contributed by atoms with Gasteiger partial charge in [-0.25, -0.2) is 0 Å². The van der Waals surface area contributed by atoms with Gasteiger partial charge in [0.25, 0.3) is 11.5 Å². The predicted molar refractivity (Wildman–Crippen MR) is 90.5 cm³/mol. The fourth-order valence-electron chi connectivity index (χ4n) is 3.24. The van der Waals surface area contributed by atoms with Crippen LogP contribution in [0.5, 0.6) is 0 Å². The first-order valence-electron chi connectivity index (χ1n) is 7.81. The monoisotopic (exact) mass is 308 g/mol. The Labute approximate surface area is 135 Å². The molecule has 4 nitrogen and oxygen atoms in total. The third kappa shape index (κ3) is 2.84. The number of hydrogen-bond donors (Lipinski definition) is 1.